The van der Waals surface area contributed by atoms with Gasteiger partial charge >= 0.3 is 0 Å². The molecule has 2 heterocycles. The van der Waals surface area contributed by atoms with Gasteiger partial charge in [0.1, 0.15) is 5.69 Å². The quantitative estimate of drug-likeness (QED) is 0.552. The summed E-state index contributed by atoms with van der Waals surface area (Å²) in [4.78, 5) is 27.2. The number of nitrogens with zero attached hydrogens (tertiary/aromatic N) is 4. The predicted molar refractivity (Wildman–Crippen MR) is 94.0 cm³/mol. The SMILES string of the molecule is O=[N+]([O-])c1ccc(N(Cc2cccnc2)C[C@@H]2CCCO2)c([N+](=O)[O-])c1. The van der Waals surface area contributed by atoms with Crippen molar-refractivity contribution in [3.8, 4) is 0 Å². The number of rotatable bonds is 7. The van der Waals surface area contributed by atoms with Crippen LogP contribution >= 0.6 is 0 Å². The Morgan fingerprint density at radius 3 is 2.69 bits per heavy atom. The molecule has 9 nitrogen and oxygen atoms in total. The molecule has 1 aliphatic heterocycles. The van der Waals surface area contributed by atoms with Crippen LogP contribution in [0, 0.1) is 20.2 Å². The number of aromatic nitrogens is 1. The van der Waals surface area contributed by atoms with Crippen LogP contribution in [0.4, 0.5) is 17.1 Å². The molecule has 0 bridgehead atoms. The summed E-state index contributed by atoms with van der Waals surface area (Å²) in [6.45, 7) is 1.54. The summed E-state index contributed by atoms with van der Waals surface area (Å²) in [6.07, 6.45) is 5.15. The summed E-state index contributed by atoms with van der Waals surface area (Å²) in [7, 11) is 0. The molecule has 1 aromatic carbocycles. The number of hydrogen-bond acceptors (Lipinski definition) is 7. The third-order valence-corrected chi connectivity index (χ3v) is 4.25. The molecule has 0 N–H and O–H groups in total. The summed E-state index contributed by atoms with van der Waals surface area (Å²) in [5, 5.41) is 22.5. The summed E-state index contributed by atoms with van der Waals surface area (Å²) >= 11 is 0. The van der Waals surface area contributed by atoms with Crippen LogP contribution in [0.3, 0.4) is 0 Å². The van der Waals surface area contributed by atoms with Crippen LogP contribution in [-0.4, -0.2) is 34.1 Å². The molecule has 136 valence electrons. The number of ether oxygens (including phenoxy) is 1. The minimum absolute atomic E-state index is 0.0264. The van der Waals surface area contributed by atoms with Gasteiger partial charge in [0.2, 0.25) is 0 Å². The molecule has 0 spiro atoms. The Balaban J connectivity index is 1.96. The molecule has 0 radical (unpaired) electrons. The smallest absolute Gasteiger partial charge is 0.299 e. The molecular weight excluding hydrogens is 340 g/mol. The standard InChI is InChI=1S/C17H18N4O5/c22-20(23)14-5-6-16(17(9-14)21(24)25)19(12-15-4-2-8-26-15)11-13-3-1-7-18-10-13/h1,3,5-7,9-10,15H,2,4,8,11-12H2/t15-/m0/s1. The summed E-state index contributed by atoms with van der Waals surface area (Å²) in [5.74, 6) is 0. The van der Waals surface area contributed by atoms with Crippen LogP contribution in [-0.2, 0) is 11.3 Å². The second-order valence-corrected chi connectivity index (χ2v) is 6.06. The highest BCUT2D eigenvalue weighted by molar-refractivity contribution is 5.67. The van der Waals surface area contributed by atoms with Crippen molar-refractivity contribution in [1.29, 1.82) is 0 Å². The number of benzene rings is 1. The zero-order chi connectivity index (χ0) is 18.5. The average Bonchev–Trinajstić information content (AvgIpc) is 3.14. The maximum Gasteiger partial charge on any atom is 0.299 e. The molecule has 1 fully saturated rings. The van der Waals surface area contributed by atoms with E-state index in [2.05, 4.69) is 4.98 Å². The van der Waals surface area contributed by atoms with Gasteiger partial charge in [-0.05, 0) is 30.5 Å². The first-order valence-corrected chi connectivity index (χ1v) is 8.23. The Labute approximate surface area is 149 Å². The maximum absolute atomic E-state index is 11.5. The second-order valence-electron chi connectivity index (χ2n) is 6.06. The molecule has 2 aromatic rings. The van der Waals surface area contributed by atoms with Gasteiger partial charge in [0.15, 0.2) is 0 Å². The van der Waals surface area contributed by atoms with Gasteiger partial charge < -0.3 is 9.64 Å². The van der Waals surface area contributed by atoms with Crippen LogP contribution in [0.15, 0.2) is 42.7 Å². The van der Waals surface area contributed by atoms with Crippen molar-refractivity contribution >= 4 is 17.1 Å². The lowest BCUT2D eigenvalue weighted by Gasteiger charge is -2.27. The Morgan fingerprint density at radius 2 is 2.08 bits per heavy atom. The van der Waals surface area contributed by atoms with Crippen molar-refractivity contribution in [3.05, 3.63) is 68.5 Å². The van der Waals surface area contributed by atoms with Gasteiger partial charge in [-0.3, -0.25) is 25.2 Å². The topological polar surface area (TPSA) is 112 Å². The fraction of sp³-hybridized carbons (Fsp3) is 0.353. The molecular formula is C17H18N4O5. The number of hydrogen-bond donors (Lipinski definition) is 0. The van der Waals surface area contributed by atoms with Crippen LogP contribution < -0.4 is 4.90 Å². The summed E-state index contributed by atoms with van der Waals surface area (Å²) in [6, 6.07) is 7.40. The lowest BCUT2D eigenvalue weighted by atomic mass is 10.1. The third kappa shape index (κ3) is 4.12. The maximum atomic E-state index is 11.5. The highest BCUT2D eigenvalue weighted by Gasteiger charge is 2.27. The lowest BCUT2D eigenvalue weighted by Crippen LogP contribution is -2.32. The Kier molecular flexibility index (Phi) is 5.37. The highest BCUT2D eigenvalue weighted by Crippen LogP contribution is 2.33. The first-order chi connectivity index (χ1) is 12.5. The number of nitro benzene ring substituents is 2. The van der Waals surface area contributed by atoms with E-state index >= 15 is 0 Å². The van der Waals surface area contributed by atoms with Crippen molar-refractivity contribution in [2.75, 3.05) is 18.1 Å². The van der Waals surface area contributed by atoms with Crippen molar-refractivity contribution in [2.45, 2.75) is 25.5 Å². The van der Waals surface area contributed by atoms with E-state index in [0.717, 1.165) is 24.5 Å². The normalized spacial score (nSPS) is 16.4. The molecule has 0 unspecified atom stereocenters. The highest BCUT2D eigenvalue weighted by atomic mass is 16.6. The van der Waals surface area contributed by atoms with E-state index < -0.39 is 9.85 Å². The van der Waals surface area contributed by atoms with Gasteiger partial charge in [0.05, 0.1) is 22.0 Å². The van der Waals surface area contributed by atoms with E-state index in [1.165, 1.54) is 12.1 Å². The zero-order valence-corrected chi connectivity index (χ0v) is 14.0. The van der Waals surface area contributed by atoms with Crippen LogP contribution in [0.5, 0.6) is 0 Å². The van der Waals surface area contributed by atoms with E-state index in [0.29, 0.717) is 25.4 Å². The van der Waals surface area contributed by atoms with Crippen LogP contribution in [0.25, 0.3) is 0 Å². The molecule has 1 atom stereocenters. The van der Waals surface area contributed by atoms with E-state index in [-0.39, 0.29) is 17.5 Å². The summed E-state index contributed by atoms with van der Waals surface area (Å²) in [5.41, 5.74) is 0.623. The number of non-ortho nitro benzene ring substituents is 1. The number of anilines is 1. The van der Waals surface area contributed by atoms with E-state index in [4.69, 9.17) is 4.74 Å². The third-order valence-electron chi connectivity index (χ3n) is 4.25. The first-order valence-electron chi connectivity index (χ1n) is 8.23. The van der Waals surface area contributed by atoms with E-state index in [9.17, 15) is 20.2 Å². The molecule has 26 heavy (non-hydrogen) atoms. The van der Waals surface area contributed by atoms with Crippen LogP contribution in [0.2, 0.25) is 0 Å². The zero-order valence-electron chi connectivity index (χ0n) is 14.0. The Morgan fingerprint density at radius 1 is 1.23 bits per heavy atom. The van der Waals surface area contributed by atoms with Gasteiger partial charge in [0, 0.05) is 38.2 Å². The molecule has 1 aliphatic rings. The fourth-order valence-electron chi connectivity index (χ4n) is 3.03. The molecule has 0 aliphatic carbocycles. The Bertz CT molecular complexity index is 793. The van der Waals surface area contributed by atoms with E-state index in [1.807, 2.05) is 11.0 Å². The Hall–Kier alpha value is -3.07. The molecule has 3 rings (SSSR count). The number of pyridine rings is 1. The second kappa shape index (κ2) is 7.87. The molecule has 1 aromatic heterocycles. The number of nitro groups is 2. The molecule has 0 amide bonds. The fourth-order valence-corrected chi connectivity index (χ4v) is 3.03. The van der Waals surface area contributed by atoms with Gasteiger partial charge in [-0.1, -0.05) is 6.07 Å². The predicted octanol–water partition coefficient (Wildman–Crippen LogP) is 3.08. The minimum atomic E-state index is -0.637. The van der Waals surface area contributed by atoms with Crippen molar-refractivity contribution in [3.63, 3.8) is 0 Å². The minimum Gasteiger partial charge on any atom is -0.376 e. The average molecular weight is 358 g/mol. The van der Waals surface area contributed by atoms with Crippen LogP contribution in [0.1, 0.15) is 18.4 Å². The van der Waals surface area contributed by atoms with Crippen molar-refractivity contribution in [1.82, 2.24) is 4.98 Å². The van der Waals surface area contributed by atoms with Gasteiger partial charge in [-0.2, -0.15) is 0 Å². The lowest BCUT2D eigenvalue weighted by molar-refractivity contribution is -0.393. The monoisotopic (exact) mass is 358 g/mol. The molecule has 9 heteroatoms. The first kappa shape index (κ1) is 17.7. The molecule has 1 saturated heterocycles. The largest absolute Gasteiger partial charge is 0.376 e. The van der Waals surface area contributed by atoms with Gasteiger partial charge in [-0.15, -0.1) is 0 Å². The van der Waals surface area contributed by atoms with Crippen molar-refractivity contribution in [2.24, 2.45) is 0 Å². The van der Waals surface area contributed by atoms with Gasteiger partial charge in [-0.25, -0.2) is 0 Å². The molecule has 0 saturated carbocycles. The van der Waals surface area contributed by atoms with E-state index in [1.54, 1.807) is 18.5 Å². The van der Waals surface area contributed by atoms with Gasteiger partial charge in [0.25, 0.3) is 11.4 Å². The summed E-state index contributed by atoms with van der Waals surface area (Å²) < 4.78 is 5.67. The van der Waals surface area contributed by atoms with Crippen molar-refractivity contribution < 1.29 is 14.6 Å².